The Labute approximate surface area is 212 Å². The Kier molecular flexibility index (Phi) is 5.24. The quantitative estimate of drug-likeness (QED) is 0.236. The van der Waals surface area contributed by atoms with E-state index in [9.17, 15) is 0 Å². The second kappa shape index (κ2) is 8.27. The van der Waals surface area contributed by atoms with E-state index in [1.165, 1.54) is 39.0 Å². The van der Waals surface area contributed by atoms with Gasteiger partial charge in [0.1, 0.15) is 0 Å². The summed E-state index contributed by atoms with van der Waals surface area (Å²) in [5.74, 6) is 0.147. The van der Waals surface area contributed by atoms with E-state index in [4.69, 9.17) is 0 Å². The van der Waals surface area contributed by atoms with Crippen molar-refractivity contribution < 1.29 is 0 Å². The Morgan fingerprint density at radius 3 is 1.61 bits per heavy atom. The summed E-state index contributed by atoms with van der Waals surface area (Å²) in [6.45, 7) is 0. The van der Waals surface area contributed by atoms with Gasteiger partial charge in [0.15, 0.2) is 0 Å². The van der Waals surface area contributed by atoms with Crippen molar-refractivity contribution in [1.29, 1.82) is 0 Å². The number of hydrogen-bond donors (Lipinski definition) is 0. The SMILES string of the molecule is Brc1ccc2c(c1)C(C(C1=CC=CC1)(c1ccccc1)c1ccccc1)c1cc(Br)ccc1-2. The molecule has 0 amide bonds. The zero-order valence-corrected chi connectivity index (χ0v) is 21.2. The van der Waals surface area contributed by atoms with Gasteiger partial charge in [-0.1, -0.05) is 128 Å². The molecule has 0 atom stereocenters. The van der Waals surface area contributed by atoms with Crippen LogP contribution in [0.5, 0.6) is 0 Å². The molecule has 0 saturated heterocycles. The molecule has 0 fully saturated rings. The molecule has 33 heavy (non-hydrogen) atoms. The van der Waals surface area contributed by atoms with Crippen molar-refractivity contribution in [2.75, 3.05) is 0 Å². The maximum atomic E-state index is 3.78. The lowest BCUT2D eigenvalue weighted by Gasteiger charge is -2.43. The van der Waals surface area contributed by atoms with Gasteiger partial charge in [-0.15, -0.1) is 0 Å². The number of rotatable bonds is 4. The van der Waals surface area contributed by atoms with Crippen LogP contribution in [0.15, 0.2) is 130 Å². The first-order valence-electron chi connectivity index (χ1n) is 11.3. The summed E-state index contributed by atoms with van der Waals surface area (Å²) in [6, 6.07) is 35.7. The highest BCUT2D eigenvalue weighted by atomic mass is 79.9. The van der Waals surface area contributed by atoms with Crippen LogP contribution in [0.3, 0.4) is 0 Å². The van der Waals surface area contributed by atoms with Gasteiger partial charge in [0.2, 0.25) is 0 Å². The molecular formula is C31H22Br2. The maximum absolute atomic E-state index is 3.78. The molecule has 2 aliphatic rings. The van der Waals surface area contributed by atoms with Crippen LogP contribution in [0.4, 0.5) is 0 Å². The van der Waals surface area contributed by atoms with Crippen molar-refractivity contribution >= 4 is 31.9 Å². The highest BCUT2D eigenvalue weighted by molar-refractivity contribution is 9.10. The van der Waals surface area contributed by atoms with E-state index in [-0.39, 0.29) is 11.3 Å². The Morgan fingerprint density at radius 1 is 0.636 bits per heavy atom. The first-order chi connectivity index (χ1) is 16.2. The third-order valence-electron chi connectivity index (χ3n) is 7.11. The zero-order valence-electron chi connectivity index (χ0n) is 18.0. The van der Waals surface area contributed by atoms with Gasteiger partial charge in [-0.3, -0.25) is 0 Å². The first-order valence-corrected chi connectivity index (χ1v) is 12.8. The predicted octanol–water partition coefficient (Wildman–Crippen LogP) is 9.20. The third kappa shape index (κ3) is 3.23. The standard InChI is InChI=1S/C31H22Br2/c32-24-15-17-26-27-18-16-25(33)20-29(27)30(28(26)19-24)31(23-13-7-8-14-23,21-9-3-1-4-10-21)22-11-5-2-6-12-22/h1-13,15-20,30H,14H2. The summed E-state index contributed by atoms with van der Waals surface area (Å²) in [5, 5.41) is 0. The number of fused-ring (bicyclic) bond motifs is 3. The van der Waals surface area contributed by atoms with Gasteiger partial charge in [0.25, 0.3) is 0 Å². The smallest absolute Gasteiger partial charge is 0.0526 e. The Morgan fingerprint density at radius 2 is 1.15 bits per heavy atom. The van der Waals surface area contributed by atoms with Gasteiger partial charge in [-0.2, -0.15) is 0 Å². The van der Waals surface area contributed by atoms with E-state index >= 15 is 0 Å². The first kappa shape index (κ1) is 20.9. The van der Waals surface area contributed by atoms with Crippen LogP contribution >= 0.6 is 31.9 Å². The van der Waals surface area contributed by atoms with Crippen molar-refractivity contribution in [3.8, 4) is 11.1 Å². The minimum Gasteiger partial charge on any atom is -0.0804 e. The van der Waals surface area contributed by atoms with Crippen molar-refractivity contribution in [2.45, 2.75) is 17.8 Å². The Hall–Kier alpha value is -2.68. The summed E-state index contributed by atoms with van der Waals surface area (Å²) in [7, 11) is 0. The molecule has 2 heteroatoms. The van der Waals surface area contributed by atoms with Gasteiger partial charge in [0.05, 0.1) is 5.41 Å². The molecule has 0 nitrogen and oxygen atoms in total. The van der Waals surface area contributed by atoms with Crippen LogP contribution < -0.4 is 0 Å². The molecule has 0 radical (unpaired) electrons. The van der Waals surface area contributed by atoms with E-state index in [0.29, 0.717) is 0 Å². The molecule has 0 heterocycles. The highest BCUT2D eigenvalue weighted by Crippen LogP contribution is 2.60. The number of allylic oxidation sites excluding steroid dienone is 4. The summed E-state index contributed by atoms with van der Waals surface area (Å²) in [4.78, 5) is 0. The highest BCUT2D eigenvalue weighted by Gasteiger charge is 2.50. The van der Waals surface area contributed by atoms with Crippen LogP contribution in [0.2, 0.25) is 0 Å². The number of benzene rings is 4. The van der Waals surface area contributed by atoms with Crippen LogP contribution in [0.25, 0.3) is 11.1 Å². The number of halogens is 2. The Bertz CT molecular complexity index is 1310. The average molecular weight is 554 g/mol. The molecule has 0 saturated carbocycles. The van der Waals surface area contributed by atoms with Gasteiger partial charge < -0.3 is 0 Å². The van der Waals surface area contributed by atoms with Crippen molar-refractivity contribution in [3.63, 3.8) is 0 Å². The molecule has 160 valence electrons. The van der Waals surface area contributed by atoms with Crippen LogP contribution in [0.1, 0.15) is 34.6 Å². The molecule has 0 spiro atoms. The summed E-state index contributed by atoms with van der Waals surface area (Å²) in [6.07, 6.45) is 7.80. The van der Waals surface area contributed by atoms with Gasteiger partial charge in [-0.25, -0.2) is 0 Å². The zero-order chi connectivity index (χ0) is 22.4. The lowest BCUT2D eigenvalue weighted by molar-refractivity contribution is 0.527. The predicted molar refractivity (Wildman–Crippen MR) is 145 cm³/mol. The van der Waals surface area contributed by atoms with Gasteiger partial charge in [-0.05, 0) is 64.1 Å². The van der Waals surface area contributed by atoms with Crippen LogP contribution in [-0.2, 0) is 5.41 Å². The molecule has 6 rings (SSSR count). The topological polar surface area (TPSA) is 0 Å². The molecule has 0 bridgehead atoms. The fourth-order valence-corrected chi connectivity index (χ4v) is 6.62. The Balaban J connectivity index is 1.77. The minimum absolute atomic E-state index is 0.147. The molecule has 0 aliphatic heterocycles. The monoisotopic (exact) mass is 552 g/mol. The average Bonchev–Trinajstić information content (AvgIpc) is 3.49. The van der Waals surface area contributed by atoms with Crippen molar-refractivity contribution in [2.24, 2.45) is 0 Å². The molecule has 0 unspecified atom stereocenters. The fraction of sp³-hybridized carbons (Fsp3) is 0.0968. The van der Waals surface area contributed by atoms with Gasteiger partial charge in [0, 0.05) is 14.9 Å². The lowest BCUT2D eigenvalue weighted by Crippen LogP contribution is -2.37. The van der Waals surface area contributed by atoms with E-state index in [1.807, 2.05) is 0 Å². The molecule has 0 aromatic heterocycles. The van der Waals surface area contributed by atoms with E-state index < -0.39 is 0 Å². The second-order valence-corrected chi connectivity index (χ2v) is 10.6. The molecule has 0 N–H and O–H groups in total. The maximum Gasteiger partial charge on any atom is 0.0526 e. The molecule has 2 aliphatic carbocycles. The lowest BCUT2D eigenvalue weighted by atomic mass is 9.58. The van der Waals surface area contributed by atoms with Gasteiger partial charge >= 0.3 is 0 Å². The third-order valence-corrected chi connectivity index (χ3v) is 8.09. The summed E-state index contributed by atoms with van der Waals surface area (Å²) < 4.78 is 2.23. The largest absolute Gasteiger partial charge is 0.0804 e. The summed E-state index contributed by atoms with van der Waals surface area (Å²) in [5.41, 5.74) is 9.17. The van der Waals surface area contributed by atoms with Crippen LogP contribution in [-0.4, -0.2) is 0 Å². The normalized spacial score (nSPS) is 14.8. The van der Waals surface area contributed by atoms with Crippen molar-refractivity contribution in [1.82, 2.24) is 0 Å². The van der Waals surface area contributed by atoms with E-state index in [2.05, 4.69) is 147 Å². The fourth-order valence-electron chi connectivity index (χ4n) is 5.87. The molecule has 4 aromatic carbocycles. The molecular weight excluding hydrogens is 532 g/mol. The van der Waals surface area contributed by atoms with Crippen molar-refractivity contribution in [3.05, 3.63) is 152 Å². The molecule has 4 aromatic rings. The van der Waals surface area contributed by atoms with E-state index in [0.717, 1.165) is 15.4 Å². The second-order valence-electron chi connectivity index (χ2n) is 8.76. The van der Waals surface area contributed by atoms with E-state index in [1.54, 1.807) is 0 Å². The summed E-state index contributed by atoms with van der Waals surface area (Å²) >= 11 is 7.56. The van der Waals surface area contributed by atoms with Crippen LogP contribution in [0, 0.1) is 0 Å². The number of hydrogen-bond acceptors (Lipinski definition) is 0. The minimum atomic E-state index is -0.326.